The summed E-state index contributed by atoms with van der Waals surface area (Å²) in [7, 11) is 0. The van der Waals surface area contributed by atoms with Crippen molar-refractivity contribution in [2.45, 2.75) is 38.2 Å². The van der Waals surface area contributed by atoms with Crippen molar-refractivity contribution < 1.29 is 19.1 Å². The first-order valence-electron chi connectivity index (χ1n) is 8.40. The van der Waals surface area contributed by atoms with Gasteiger partial charge in [0.1, 0.15) is 11.5 Å². The third kappa shape index (κ3) is 2.26. The van der Waals surface area contributed by atoms with Gasteiger partial charge in [0.05, 0.1) is 24.7 Å². The summed E-state index contributed by atoms with van der Waals surface area (Å²) in [5, 5.41) is 0. The number of ether oxygens (including phenoxy) is 2. The van der Waals surface area contributed by atoms with E-state index in [1.807, 2.05) is 56.3 Å². The van der Waals surface area contributed by atoms with Crippen LogP contribution in [0.15, 0.2) is 42.5 Å². The lowest BCUT2D eigenvalue weighted by Crippen LogP contribution is -2.40. The summed E-state index contributed by atoms with van der Waals surface area (Å²) in [5.41, 5.74) is 0.402. The van der Waals surface area contributed by atoms with Crippen LogP contribution in [-0.4, -0.2) is 41.1 Å². The maximum absolute atomic E-state index is 13.0. The summed E-state index contributed by atoms with van der Waals surface area (Å²) < 4.78 is 11.4. The maximum atomic E-state index is 13.0. The fourth-order valence-corrected chi connectivity index (χ4v) is 4.10. The SMILES string of the molecule is CC(C)OC(=O)[C@@H]1[C@@H]2C=C[C@]3(CN(Cc4ccccc4)C(=O)[C@H]13)O2. The molecule has 0 N–H and O–H groups in total. The molecule has 2 saturated heterocycles. The Bertz CT molecular complexity index is 699. The molecule has 1 aromatic carbocycles. The zero-order valence-electron chi connectivity index (χ0n) is 13.8. The lowest BCUT2D eigenvalue weighted by molar-refractivity contribution is -0.157. The Morgan fingerprint density at radius 2 is 2.12 bits per heavy atom. The molecule has 4 atom stereocenters. The Labute approximate surface area is 141 Å². The Kier molecular flexibility index (Phi) is 3.49. The van der Waals surface area contributed by atoms with Crippen LogP contribution in [0.1, 0.15) is 19.4 Å². The highest BCUT2D eigenvalue weighted by Gasteiger charge is 2.67. The molecule has 4 rings (SSSR count). The average molecular weight is 327 g/mol. The molecule has 2 bridgehead atoms. The second-order valence-electron chi connectivity index (χ2n) is 7.07. The number of esters is 1. The minimum absolute atomic E-state index is 0.0172. The molecule has 5 nitrogen and oxygen atoms in total. The number of fused-ring (bicyclic) bond motifs is 1. The van der Waals surface area contributed by atoms with E-state index in [2.05, 4.69) is 0 Å². The maximum Gasteiger partial charge on any atom is 0.313 e. The quantitative estimate of drug-likeness (QED) is 0.626. The molecular weight excluding hydrogens is 306 g/mol. The van der Waals surface area contributed by atoms with Gasteiger partial charge in [-0.1, -0.05) is 42.5 Å². The predicted molar refractivity (Wildman–Crippen MR) is 86.8 cm³/mol. The van der Waals surface area contributed by atoms with E-state index in [1.165, 1.54) is 0 Å². The summed E-state index contributed by atoms with van der Waals surface area (Å²) in [6.45, 7) is 4.65. The summed E-state index contributed by atoms with van der Waals surface area (Å²) in [5.74, 6) is -1.36. The van der Waals surface area contributed by atoms with Crippen LogP contribution in [0.25, 0.3) is 0 Å². The van der Waals surface area contributed by atoms with Crippen LogP contribution in [0.4, 0.5) is 0 Å². The molecule has 5 heteroatoms. The van der Waals surface area contributed by atoms with Crippen molar-refractivity contribution in [3.8, 4) is 0 Å². The van der Waals surface area contributed by atoms with Crippen LogP contribution in [0, 0.1) is 11.8 Å². The predicted octanol–water partition coefficient (Wildman–Crippen LogP) is 1.92. The Morgan fingerprint density at radius 1 is 1.38 bits per heavy atom. The van der Waals surface area contributed by atoms with Crippen LogP contribution in [0.5, 0.6) is 0 Å². The molecule has 0 radical (unpaired) electrons. The lowest BCUT2D eigenvalue weighted by atomic mass is 9.77. The minimum Gasteiger partial charge on any atom is -0.463 e. The number of hydrogen-bond donors (Lipinski definition) is 0. The summed E-state index contributed by atoms with van der Waals surface area (Å²) in [4.78, 5) is 27.3. The van der Waals surface area contributed by atoms with Gasteiger partial charge in [-0.15, -0.1) is 0 Å². The normalized spacial score (nSPS) is 33.4. The largest absolute Gasteiger partial charge is 0.463 e. The Balaban J connectivity index is 1.58. The van der Waals surface area contributed by atoms with Crippen molar-refractivity contribution in [1.82, 2.24) is 4.90 Å². The third-order valence-corrected chi connectivity index (χ3v) is 5.02. The lowest BCUT2D eigenvalue weighted by Gasteiger charge is -2.23. The summed E-state index contributed by atoms with van der Waals surface area (Å²) in [6.07, 6.45) is 3.32. The molecule has 1 spiro atoms. The third-order valence-electron chi connectivity index (χ3n) is 5.02. The smallest absolute Gasteiger partial charge is 0.313 e. The molecule has 0 aromatic heterocycles. The van der Waals surface area contributed by atoms with Gasteiger partial charge < -0.3 is 14.4 Å². The number of rotatable bonds is 4. The Morgan fingerprint density at radius 3 is 2.83 bits per heavy atom. The molecule has 0 saturated carbocycles. The minimum atomic E-state index is -0.669. The Hall–Kier alpha value is -2.14. The van der Waals surface area contributed by atoms with Gasteiger partial charge in [-0.2, -0.15) is 0 Å². The van der Waals surface area contributed by atoms with Crippen LogP contribution in [0.3, 0.4) is 0 Å². The molecule has 0 aliphatic carbocycles. The molecule has 126 valence electrons. The molecule has 24 heavy (non-hydrogen) atoms. The van der Waals surface area contributed by atoms with Gasteiger partial charge in [-0.3, -0.25) is 9.59 Å². The summed E-state index contributed by atoms with van der Waals surface area (Å²) >= 11 is 0. The standard InChI is InChI=1S/C19H21NO4/c1-12(2)23-18(22)15-14-8-9-19(24-14)11-20(17(21)16(15)19)10-13-6-4-3-5-7-13/h3-9,12,14-16H,10-11H2,1-2H3/t14-,15+,16-,19+/m0/s1. The fraction of sp³-hybridized carbons (Fsp3) is 0.474. The molecule has 1 amide bonds. The van der Waals surface area contributed by atoms with Gasteiger partial charge in [-0.25, -0.2) is 0 Å². The van der Waals surface area contributed by atoms with Crippen molar-refractivity contribution in [1.29, 1.82) is 0 Å². The first-order valence-corrected chi connectivity index (χ1v) is 8.40. The zero-order valence-corrected chi connectivity index (χ0v) is 13.8. The van der Waals surface area contributed by atoms with Gasteiger partial charge in [-0.05, 0) is 19.4 Å². The number of nitrogens with zero attached hydrogens (tertiary/aromatic N) is 1. The fourth-order valence-electron chi connectivity index (χ4n) is 4.10. The van der Waals surface area contributed by atoms with E-state index in [1.54, 1.807) is 4.90 Å². The number of carbonyl (C=O) groups is 2. The molecule has 3 aliphatic heterocycles. The van der Waals surface area contributed by atoms with E-state index in [9.17, 15) is 9.59 Å². The number of hydrogen-bond acceptors (Lipinski definition) is 4. The van der Waals surface area contributed by atoms with E-state index in [4.69, 9.17) is 9.47 Å². The molecule has 0 unspecified atom stereocenters. The van der Waals surface area contributed by atoms with Crippen molar-refractivity contribution >= 4 is 11.9 Å². The van der Waals surface area contributed by atoms with Crippen molar-refractivity contribution in [3.05, 3.63) is 48.0 Å². The van der Waals surface area contributed by atoms with Gasteiger partial charge in [0.25, 0.3) is 0 Å². The first kappa shape index (κ1) is 15.4. The van der Waals surface area contributed by atoms with Crippen LogP contribution in [-0.2, 0) is 25.6 Å². The first-order chi connectivity index (χ1) is 11.5. The van der Waals surface area contributed by atoms with Crippen molar-refractivity contribution in [2.75, 3.05) is 6.54 Å². The highest BCUT2D eigenvalue weighted by Crippen LogP contribution is 2.52. The molecule has 2 fully saturated rings. The van der Waals surface area contributed by atoms with E-state index >= 15 is 0 Å². The number of carbonyl (C=O) groups excluding carboxylic acids is 2. The zero-order chi connectivity index (χ0) is 16.9. The van der Waals surface area contributed by atoms with Crippen molar-refractivity contribution in [3.63, 3.8) is 0 Å². The van der Waals surface area contributed by atoms with Crippen LogP contribution < -0.4 is 0 Å². The number of likely N-dealkylation sites (tertiary alicyclic amines) is 1. The summed E-state index contributed by atoms with van der Waals surface area (Å²) in [6, 6.07) is 9.86. The molecular formula is C19H21NO4. The van der Waals surface area contributed by atoms with E-state index in [-0.39, 0.29) is 24.1 Å². The monoisotopic (exact) mass is 327 g/mol. The average Bonchev–Trinajstić information content (AvgIpc) is 3.16. The molecule has 3 heterocycles. The van der Waals surface area contributed by atoms with E-state index in [0.29, 0.717) is 13.1 Å². The topological polar surface area (TPSA) is 55.8 Å². The number of benzene rings is 1. The van der Waals surface area contributed by atoms with Gasteiger partial charge in [0.2, 0.25) is 5.91 Å². The van der Waals surface area contributed by atoms with Gasteiger partial charge in [0, 0.05) is 6.54 Å². The van der Waals surface area contributed by atoms with Gasteiger partial charge >= 0.3 is 5.97 Å². The van der Waals surface area contributed by atoms with Gasteiger partial charge in [0.15, 0.2) is 0 Å². The second kappa shape index (κ2) is 5.45. The van der Waals surface area contributed by atoms with Crippen LogP contribution >= 0.6 is 0 Å². The van der Waals surface area contributed by atoms with Crippen LogP contribution in [0.2, 0.25) is 0 Å². The molecule has 1 aromatic rings. The number of amides is 1. The van der Waals surface area contributed by atoms with E-state index < -0.39 is 17.4 Å². The molecule has 3 aliphatic rings. The highest BCUT2D eigenvalue weighted by molar-refractivity contribution is 5.91. The second-order valence-corrected chi connectivity index (χ2v) is 7.07. The van der Waals surface area contributed by atoms with Crippen molar-refractivity contribution in [2.24, 2.45) is 11.8 Å². The van der Waals surface area contributed by atoms with E-state index in [0.717, 1.165) is 5.56 Å². The highest BCUT2D eigenvalue weighted by atomic mass is 16.6.